The molecule has 0 heterocycles. The molecule has 0 atom stereocenters. The van der Waals surface area contributed by atoms with Crippen molar-refractivity contribution in [2.75, 3.05) is 0 Å². The van der Waals surface area contributed by atoms with Gasteiger partial charge in [-0.2, -0.15) is 0 Å². The molecular formula is C14H18FNO2. The van der Waals surface area contributed by atoms with Gasteiger partial charge in [-0.3, -0.25) is 0 Å². The standard InChI is InChI=1S/C14H18FNO2/c1-9-7-12(15)10(13(17)18)8-11(9)14(16)5-3-2-4-6-14/h7-8H,2-6,16H2,1H3,(H,17,18). The van der Waals surface area contributed by atoms with Crippen LogP contribution in [0.15, 0.2) is 12.1 Å². The molecule has 1 aliphatic rings. The van der Waals surface area contributed by atoms with Crippen molar-refractivity contribution in [3.05, 3.63) is 34.6 Å². The van der Waals surface area contributed by atoms with Gasteiger partial charge in [0, 0.05) is 5.54 Å². The molecule has 3 nitrogen and oxygen atoms in total. The van der Waals surface area contributed by atoms with E-state index in [0.29, 0.717) is 0 Å². The average molecular weight is 251 g/mol. The topological polar surface area (TPSA) is 63.3 Å². The van der Waals surface area contributed by atoms with E-state index in [4.69, 9.17) is 10.8 Å². The molecule has 1 fully saturated rings. The highest BCUT2D eigenvalue weighted by Crippen LogP contribution is 2.37. The number of aryl methyl sites for hydroxylation is 1. The quantitative estimate of drug-likeness (QED) is 0.849. The summed E-state index contributed by atoms with van der Waals surface area (Å²) < 4.78 is 13.6. The Balaban J connectivity index is 2.49. The van der Waals surface area contributed by atoms with Crippen LogP contribution in [-0.2, 0) is 5.54 Å². The number of hydrogen-bond donors (Lipinski definition) is 2. The molecule has 1 aliphatic carbocycles. The van der Waals surface area contributed by atoms with Gasteiger partial charge in [-0.05, 0) is 43.0 Å². The highest BCUT2D eigenvalue weighted by atomic mass is 19.1. The van der Waals surface area contributed by atoms with E-state index in [1.807, 2.05) is 0 Å². The van der Waals surface area contributed by atoms with Crippen LogP contribution in [-0.4, -0.2) is 11.1 Å². The van der Waals surface area contributed by atoms with Crippen molar-refractivity contribution in [3.8, 4) is 0 Å². The van der Waals surface area contributed by atoms with Crippen molar-refractivity contribution in [2.24, 2.45) is 5.73 Å². The molecular weight excluding hydrogens is 233 g/mol. The Morgan fingerprint density at radius 3 is 2.50 bits per heavy atom. The first-order valence-corrected chi connectivity index (χ1v) is 6.27. The first kappa shape index (κ1) is 13.0. The Morgan fingerprint density at radius 1 is 1.33 bits per heavy atom. The van der Waals surface area contributed by atoms with Gasteiger partial charge in [0.05, 0.1) is 5.56 Å². The second-order valence-corrected chi connectivity index (χ2v) is 5.17. The molecule has 2 rings (SSSR count). The van der Waals surface area contributed by atoms with Crippen LogP contribution in [0.3, 0.4) is 0 Å². The van der Waals surface area contributed by atoms with Crippen LogP contribution >= 0.6 is 0 Å². The lowest BCUT2D eigenvalue weighted by Crippen LogP contribution is -2.39. The molecule has 0 amide bonds. The highest BCUT2D eigenvalue weighted by molar-refractivity contribution is 5.88. The Hall–Kier alpha value is -1.42. The maximum atomic E-state index is 13.6. The van der Waals surface area contributed by atoms with Crippen molar-refractivity contribution in [1.82, 2.24) is 0 Å². The van der Waals surface area contributed by atoms with E-state index in [1.54, 1.807) is 6.92 Å². The molecule has 1 aromatic rings. The zero-order valence-electron chi connectivity index (χ0n) is 10.5. The maximum absolute atomic E-state index is 13.6. The van der Waals surface area contributed by atoms with Gasteiger partial charge in [0.1, 0.15) is 5.82 Å². The predicted octanol–water partition coefficient (Wildman–Crippen LogP) is 2.95. The Labute approximate surface area is 106 Å². The lowest BCUT2D eigenvalue weighted by atomic mass is 9.75. The van der Waals surface area contributed by atoms with Crippen LogP contribution in [0.1, 0.15) is 53.6 Å². The van der Waals surface area contributed by atoms with E-state index < -0.39 is 17.3 Å². The Bertz CT molecular complexity index is 479. The zero-order valence-corrected chi connectivity index (χ0v) is 10.5. The normalized spacial score (nSPS) is 18.6. The third kappa shape index (κ3) is 2.25. The third-order valence-corrected chi connectivity index (χ3v) is 3.83. The Kier molecular flexibility index (Phi) is 3.39. The highest BCUT2D eigenvalue weighted by Gasteiger charge is 2.32. The second kappa shape index (κ2) is 4.69. The summed E-state index contributed by atoms with van der Waals surface area (Å²) in [5.74, 6) is -1.93. The van der Waals surface area contributed by atoms with Crippen molar-refractivity contribution in [3.63, 3.8) is 0 Å². The van der Waals surface area contributed by atoms with Crippen molar-refractivity contribution in [1.29, 1.82) is 0 Å². The lowest BCUT2D eigenvalue weighted by Gasteiger charge is -2.35. The van der Waals surface area contributed by atoms with Gasteiger partial charge in [0.2, 0.25) is 0 Å². The summed E-state index contributed by atoms with van der Waals surface area (Å²) in [5, 5.41) is 8.98. The minimum Gasteiger partial charge on any atom is -0.478 e. The van der Waals surface area contributed by atoms with E-state index in [-0.39, 0.29) is 5.56 Å². The molecule has 0 saturated heterocycles. The third-order valence-electron chi connectivity index (χ3n) is 3.83. The first-order chi connectivity index (χ1) is 8.44. The molecule has 3 N–H and O–H groups in total. The number of halogens is 1. The number of aromatic carboxylic acids is 1. The van der Waals surface area contributed by atoms with Crippen molar-refractivity contribution in [2.45, 2.75) is 44.6 Å². The largest absolute Gasteiger partial charge is 0.478 e. The lowest BCUT2D eigenvalue weighted by molar-refractivity contribution is 0.0691. The second-order valence-electron chi connectivity index (χ2n) is 5.17. The van der Waals surface area contributed by atoms with E-state index in [9.17, 15) is 9.18 Å². The zero-order chi connectivity index (χ0) is 13.3. The van der Waals surface area contributed by atoms with Gasteiger partial charge in [-0.1, -0.05) is 19.3 Å². The van der Waals surface area contributed by atoms with Gasteiger partial charge in [0.15, 0.2) is 0 Å². The van der Waals surface area contributed by atoms with Crippen LogP contribution in [0.4, 0.5) is 4.39 Å². The van der Waals surface area contributed by atoms with Crippen LogP contribution < -0.4 is 5.73 Å². The number of carboxylic acids is 1. The summed E-state index contributed by atoms with van der Waals surface area (Å²) >= 11 is 0. The van der Waals surface area contributed by atoms with Crippen molar-refractivity contribution < 1.29 is 14.3 Å². The smallest absolute Gasteiger partial charge is 0.338 e. The first-order valence-electron chi connectivity index (χ1n) is 6.27. The summed E-state index contributed by atoms with van der Waals surface area (Å²) in [6.07, 6.45) is 4.90. The monoisotopic (exact) mass is 251 g/mol. The van der Waals surface area contributed by atoms with Gasteiger partial charge in [-0.15, -0.1) is 0 Å². The van der Waals surface area contributed by atoms with Crippen LogP contribution in [0, 0.1) is 12.7 Å². The van der Waals surface area contributed by atoms with E-state index in [0.717, 1.165) is 43.2 Å². The molecule has 0 radical (unpaired) electrons. The van der Waals surface area contributed by atoms with E-state index in [1.165, 1.54) is 12.1 Å². The molecule has 1 saturated carbocycles. The fourth-order valence-corrected chi connectivity index (χ4v) is 2.83. The van der Waals surface area contributed by atoms with E-state index >= 15 is 0 Å². The fraction of sp³-hybridized carbons (Fsp3) is 0.500. The average Bonchev–Trinajstić information content (AvgIpc) is 2.29. The molecule has 98 valence electrons. The van der Waals surface area contributed by atoms with Gasteiger partial charge in [0.25, 0.3) is 0 Å². The number of hydrogen-bond acceptors (Lipinski definition) is 2. The maximum Gasteiger partial charge on any atom is 0.338 e. The number of carboxylic acid groups (broad SMARTS) is 1. The summed E-state index contributed by atoms with van der Waals surface area (Å²) in [4.78, 5) is 11.0. The summed E-state index contributed by atoms with van der Waals surface area (Å²) in [5.41, 5.74) is 7.12. The number of carbonyl (C=O) groups is 1. The molecule has 0 unspecified atom stereocenters. The van der Waals surface area contributed by atoms with Gasteiger partial charge in [-0.25, -0.2) is 9.18 Å². The predicted molar refractivity (Wildman–Crippen MR) is 67.0 cm³/mol. The summed E-state index contributed by atoms with van der Waals surface area (Å²) in [6.45, 7) is 1.78. The molecule has 18 heavy (non-hydrogen) atoms. The molecule has 0 aliphatic heterocycles. The van der Waals surface area contributed by atoms with Gasteiger partial charge < -0.3 is 10.8 Å². The van der Waals surface area contributed by atoms with E-state index in [2.05, 4.69) is 0 Å². The number of nitrogens with two attached hydrogens (primary N) is 1. The van der Waals surface area contributed by atoms with Gasteiger partial charge >= 0.3 is 5.97 Å². The molecule has 0 bridgehead atoms. The molecule has 0 aromatic heterocycles. The minimum atomic E-state index is -1.24. The number of rotatable bonds is 2. The van der Waals surface area contributed by atoms with Crippen LogP contribution in [0.25, 0.3) is 0 Å². The van der Waals surface area contributed by atoms with Crippen LogP contribution in [0.2, 0.25) is 0 Å². The minimum absolute atomic E-state index is 0.286. The fourth-order valence-electron chi connectivity index (χ4n) is 2.83. The molecule has 0 spiro atoms. The Morgan fingerprint density at radius 2 is 1.94 bits per heavy atom. The summed E-state index contributed by atoms with van der Waals surface area (Å²) in [7, 11) is 0. The molecule has 1 aromatic carbocycles. The SMILES string of the molecule is Cc1cc(F)c(C(=O)O)cc1C1(N)CCCCC1. The number of benzene rings is 1. The summed E-state index contributed by atoms with van der Waals surface area (Å²) in [6, 6.07) is 2.69. The van der Waals surface area contributed by atoms with Crippen LogP contribution in [0.5, 0.6) is 0 Å². The van der Waals surface area contributed by atoms with Crippen molar-refractivity contribution >= 4 is 5.97 Å². The molecule has 4 heteroatoms.